The van der Waals surface area contributed by atoms with Crippen molar-refractivity contribution in [1.82, 2.24) is 0 Å². The molecule has 0 saturated heterocycles. The van der Waals surface area contributed by atoms with E-state index in [0.717, 1.165) is 12.1 Å². The van der Waals surface area contributed by atoms with Crippen LogP contribution in [0.2, 0.25) is 0 Å². The summed E-state index contributed by atoms with van der Waals surface area (Å²) >= 11 is 0. The lowest BCUT2D eigenvalue weighted by Gasteiger charge is -2.14. The molecule has 0 atom stereocenters. The Bertz CT molecular complexity index is 1180. The third-order valence-corrected chi connectivity index (χ3v) is 4.15. The third-order valence-electron chi connectivity index (χ3n) is 4.15. The number of hydrogen-bond acceptors (Lipinski definition) is 11. The summed E-state index contributed by atoms with van der Waals surface area (Å²) in [6, 6.07) is 7.62. The minimum absolute atomic E-state index is 0.109. The monoisotopic (exact) mass is 430 g/mol. The normalized spacial score (nSPS) is 10.5. The highest BCUT2D eigenvalue weighted by Crippen LogP contribution is 2.47. The predicted octanol–water partition coefficient (Wildman–Crippen LogP) is 2.22. The van der Waals surface area contributed by atoms with Crippen LogP contribution in [0.4, 0.5) is 0 Å². The number of aromatic hydroxyl groups is 7. The quantitative estimate of drug-likeness (QED) is 0.183. The van der Waals surface area contributed by atoms with Crippen LogP contribution in [0.3, 0.4) is 0 Å². The molecule has 0 aliphatic carbocycles. The van der Waals surface area contributed by atoms with Gasteiger partial charge in [-0.3, -0.25) is 0 Å². The highest BCUT2D eigenvalue weighted by Gasteiger charge is 2.27. The minimum Gasteiger partial charge on any atom is -0.507 e. The molecule has 0 aliphatic heterocycles. The van der Waals surface area contributed by atoms with Gasteiger partial charge in [0.2, 0.25) is 5.75 Å². The van der Waals surface area contributed by atoms with Crippen LogP contribution >= 0.6 is 0 Å². The molecule has 0 aromatic heterocycles. The molecule has 0 amide bonds. The van der Waals surface area contributed by atoms with E-state index in [1.807, 2.05) is 0 Å². The summed E-state index contributed by atoms with van der Waals surface area (Å²) in [5.41, 5.74) is -1.60. The van der Waals surface area contributed by atoms with E-state index < -0.39 is 63.1 Å². The first-order valence-corrected chi connectivity index (χ1v) is 8.36. The van der Waals surface area contributed by atoms with Crippen LogP contribution in [0.15, 0.2) is 42.5 Å². The molecule has 0 spiro atoms. The van der Waals surface area contributed by atoms with E-state index in [1.165, 1.54) is 24.3 Å². The molecule has 7 N–H and O–H groups in total. The Hall–Kier alpha value is -4.80. The summed E-state index contributed by atoms with van der Waals surface area (Å²) in [7, 11) is 0. The van der Waals surface area contributed by atoms with Gasteiger partial charge in [0.15, 0.2) is 28.7 Å². The van der Waals surface area contributed by atoms with Crippen LogP contribution in [0.25, 0.3) is 11.1 Å². The van der Waals surface area contributed by atoms with Crippen molar-refractivity contribution in [2.45, 2.75) is 0 Å². The molecule has 11 nitrogen and oxygen atoms in total. The lowest BCUT2D eigenvalue weighted by atomic mass is 9.96. The van der Waals surface area contributed by atoms with Crippen molar-refractivity contribution >= 4 is 11.9 Å². The van der Waals surface area contributed by atoms with Gasteiger partial charge in [-0.25, -0.2) is 19.4 Å². The van der Waals surface area contributed by atoms with Gasteiger partial charge < -0.3 is 35.7 Å². The molecule has 0 fully saturated rings. The summed E-state index contributed by atoms with van der Waals surface area (Å²) < 4.78 is 0. The Labute approximate surface area is 172 Å². The second-order valence-electron chi connectivity index (χ2n) is 6.14. The second kappa shape index (κ2) is 7.91. The van der Waals surface area contributed by atoms with Gasteiger partial charge in [0.25, 0.3) is 0 Å². The van der Waals surface area contributed by atoms with Gasteiger partial charge in [-0.05, 0) is 24.3 Å². The van der Waals surface area contributed by atoms with Gasteiger partial charge in [0, 0.05) is 11.1 Å². The Kier molecular flexibility index (Phi) is 5.34. The van der Waals surface area contributed by atoms with Crippen LogP contribution in [0.1, 0.15) is 20.7 Å². The predicted molar refractivity (Wildman–Crippen MR) is 101 cm³/mol. The largest absolute Gasteiger partial charge is 0.507 e. The first-order valence-electron chi connectivity index (χ1n) is 8.36. The SMILES string of the molecule is O=C(OOC(=O)c1cc(O)c(O)c(O)c1-c1ccccc1O)c1cc(O)c(O)c(O)c1. The number of carbonyl (C=O) groups is 2. The van der Waals surface area contributed by atoms with Crippen molar-refractivity contribution in [3.63, 3.8) is 0 Å². The smallest absolute Gasteiger partial charge is 0.387 e. The molecule has 160 valence electrons. The van der Waals surface area contributed by atoms with Crippen LogP contribution in [-0.4, -0.2) is 47.7 Å². The molecular formula is C20H14O11. The number of phenols is 7. The lowest BCUT2D eigenvalue weighted by molar-refractivity contribution is -0.187. The number of benzene rings is 3. The molecular weight excluding hydrogens is 416 g/mol. The van der Waals surface area contributed by atoms with E-state index in [9.17, 15) is 45.3 Å². The van der Waals surface area contributed by atoms with Crippen LogP contribution in [-0.2, 0) is 9.78 Å². The van der Waals surface area contributed by atoms with Crippen molar-refractivity contribution in [1.29, 1.82) is 0 Å². The zero-order valence-electron chi connectivity index (χ0n) is 15.3. The summed E-state index contributed by atoms with van der Waals surface area (Å²) in [5.74, 6) is -8.53. The van der Waals surface area contributed by atoms with Crippen molar-refractivity contribution in [3.8, 4) is 51.4 Å². The number of para-hydroxylation sites is 1. The summed E-state index contributed by atoms with van der Waals surface area (Å²) in [6.45, 7) is 0. The van der Waals surface area contributed by atoms with E-state index in [1.54, 1.807) is 0 Å². The zero-order chi connectivity index (χ0) is 22.9. The van der Waals surface area contributed by atoms with E-state index in [2.05, 4.69) is 9.78 Å². The molecule has 0 aliphatic rings. The zero-order valence-corrected chi connectivity index (χ0v) is 15.3. The Morgan fingerprint density at radius 3 is 1.77 bits per heavy atom. The Morgan fingerprint density at radius 2 is 1.16 bits per heavy atom. The molecule has 0 bridgehead atoms. The van der Waals surface area contributed by atoms with Crippen LogP contribution < -0.4 is 0 Å². The topological polar surface area (TPSA) is 194 Å². The van der Waals surface area contributed by atoms with Gasteiger partial charge in [0.1, 0.15) is 5.75 Å². The number of phenolic OH excluding ortho intramolecular Hbond substituents is 7. The average Bonchev–Trinajstić information content (AvgIpc) is 2.74. The molecule has 31 heavy (non-hydrogen) atoms. The molecule has 0 radical (unpaired) electrons. The molecule has 3 aromatic rings. The van der Waals surface area contributed by atoms with Crippen LogP contribution in [0.5, 0.6) is 40.2 Å². The summed E-state index contributed by atoms with van der Waals surface area (Å²) in [6.07, 6.45) is 0. The first-order chi connectivity index (χ1) is 14.6. The standard InChI is InChI=1S/C20H14O11/c21-11-4-2-1-3-9(11)15-10(7-14(24)17(26)18(15)27)20(29)31-30-19(28)8-5-12(22)16(25)13(23)6-8/h1-7,21-27H. The molecule has 11 heteroatoms. The van der Waals surface area contributed by atoms with Crippen molar-refractivity contribution in [2.24, 2.45) is 0 Å². The van der Waals surface area contributed by atoms with Gasteiger partial charge in [0.05, 0.1) is 11.1 Å². The molecule has 3 rings (SSSR count). The molecule has 0 heterocycles. The first kappa shape index (κ1) is 20.9. The number of rotatable bonds is 3. The van der Waals surface area contributed by atoms with Crippen LogP contribution in [0, 0.1) is 0 Å². The van der Waals surface area contributed by atoms with Crippen molar-refractivity contribution in [3.05, 3.63) is 53.6 Å². The second-order valence-corrected chi connectivity index (χ2v) is 6.14. The van der Waals surface area contributed by atoms with Gasteiger partial charge in [-0.2, -0.15) is 0 Å². The summed E-state index contributed by atoms with van der Waals surface area (Å²) in [4.78, 5) is 33.2. The van der Waals surface area contributed by atoms with E-state index in [-0.39, 0.29) is 11.3 Å². The fourth-order valence-corrected chi connectivity index (χ4v) is 2.65. The maximum Gasteiger partial charge on any atom is 0.387 e. The number of hydrogen-bond donors (Lipinski definition) is 7. The summed E-state index contributed by atoms with van der Waals surface area (Å²) in [5, 5.41) is 67.9. The Balaban J connectivity index is 1.94. The van der Waals surface area contributed by atoms with Gasteiger partial charge in [-0.15, -0.1) is 0 Å². The molecule has 0 unspecified atom stereocenters. The van der Waals surface area contributed by atoms with Gasteiger partial charge >= 0.3 is 11.9 Å². The fraction of sp³-hybridized carbons (Fsp3) is 0. The van der Waals surface area contributed by atoms with Crippen molar-refractivity contribution in [2.75, 3.05) is 0 Å². The molecule has 0 saturated carbocycles. The number of carbonyl (C=O) groups excluding carboxylic acids is 2. The highest BCUT2D eigenvalue weighted by molar-refractivity contribution is 6.02. The van der Waals surface area contributed by atoms with E-state index in [0.29, 0.717) is 6.07 Å². The van der Waals surface area contributed by atoms with Gasteiger partial charge in [-0.1, -0.05) is 18.2 Å². The van der Waals surface area contributed by atoms with E-state index in [4.69, 9.17) is 0 Å². The maximum atomic E-state index is 12.5. The fourth-order valence-electron chi connectivity index (χ4n) is 2.65. The highest BCUT2D eigenvalue weighted by atomic mass is 17.2. The lowest BCUT2D eigenvalue weighted by Crippen LogP contribution is -2.13. The maximum absolute atomic E-state index is 12.5. The van der Waals surface area contributed by atoms with Crippen molar-refractivity contribution < 1.29 is 55.1 Å². The third kappa shape index (κ3) is 3.87. The molecule has 3 aromatic carbocycles. The minimum atomic E-state index is -1.41. The van der Waals surface area contributed by atoms with E-state index >= 15 is 0 Å². The Morgan fingerprint density at radius 1 is 0.613 bits per heavy atom. The average molecular weight is 430 g/mol.